The number of aryl methyl sites for hydroxylation is 2. The number of hydrogen-bond donors (Lipinski definition) is 1. The predicted octanol–water partition coefficient (Wildman–Crippen LogP) is 0.790. The summed E-state index contributed by atoms with van der Waals surface area (Å²) in [5, 5.41) is 12.1. The number of hydrogen-bond acceptors (Lipinski definition) is 4. The first-order chi connectivity index (χ1) is 8.96. The Morgan fingerprint density at radius 2 is 2.16 bits per heavy atom. The smallest absolute Gasteiger partial charge is 0.244 e. The van der Waals surface area contributed by atoms with Crippen LogP contribution >= 0.6 is 0 Å². The van der Waals surface area contributed by atoms with Crippen LogP contribution in [-0.2, 0) is 10.0 Å². The van der Waals surface area contributed by atoms with Gasteiger partial charge in [-0.05, 0) is 25.5 Å². The lowest BCUT2D eigenvalue weighted by atomic mass is 10.2. The molecule has 1 atom stereocenters. The number of sulfonamides is 1. The van der Waals surface area contributed by atoms with Gasteiger partial charge in [-0.25, -0.2) is 8.42 Å². The van der Waals surface area contributed by atoms with Gasteiger partial charge in [0.05, 0.1) is 11.0 Å². The maximum Gasteiger partial charge on any atom is 0.244 e. The van der Waals surface area contributed by atoms with E-state index in [0.29, 0.717) is 24.5 Å². The minimum Gasteiger partial charge on any atom is -0.313 e. The second-order valence-electron chi connectivity index (χ2n) is 4.73. The quantitative estimate of drug-likeness (QED) is 0.868. The molecule has 0 radical (unpaired) electrons. The van der Waals surface area contributed by atoms with Crippen LogP contribution < -0.4 is 5.32 Å². The molecule has 19 heavy (non-hydrogen) atoms. The second-order valence-corrected chi connectivity index (χ2v) is 6.59. The fraction of sp³-hybridized carbons (Fsp3) is 0.462. The summed E-state index contributed by atoms with van der Waals surface area (Å²) in [5.74, 6) is 0. The Bertz CT molecular complexity index is 619. The van der Waals surface area contributed by atoms with E-state index >= 15 is 0 Å². The van der Waals surface area contributed by atoms with E-state index in [2.05, 4.69) is 5.32 Å². The highest BCUT2D eigenvalue weighted by Gasteiger charge is 2.34. The van der Waals surface area contributed by atoms with Crippen molar-refractivity contribution in [3.05, 3.63) is 29.3 Å². The number of piperazine rings is 1. The third-order valence-electron chi connectivity index (χ3n) is 3.26. The van der Waals surface area contributed by atoms with Crippen LogP contribution in [-0.4, -0.2) is 38.4 Å². The first-order valence-electron chi connectivity index (χ1n) is 6.16. The molecular formula is C13H17N3O2S. The number of nitrogens with one attached hydrogen (secondary N) is 1. The van der Waals surface area contributed by atoms with Crippen molar-refractivity contribution >= 4 is 10.0 Å². The topological polar surface area (TPSA) is 73.2 Å². The molecule has 1 unspecified atom stereocenters. The van der Waals surface area contributed by atoms with Crippen molar-refractivity contribution in [3.63, 3.8) is 0 Å². The van der Waals surface area contributed by atoms with Crippen LogP contribution in [0.2, 0.25) is 0 Å². The molecule has 102 valence electrons. The highest BCUT2D eigenvalue weighted by molar-refractivity contribution is 7.89. The molecule has 0 bridgehead atoms. The molecule has 5 nitrogen and oxygen atoms in total. The molecule has 6 heteroatoms. The first-order valence-corrected chi connectivity index (χ1v) is 7.60. The monoisotopic (exact) mass is 279 g/mol. The number of rotatable bonds is 2. The predicted molar refractivity (Wildman–Crippen MR) is 72.1 cm³/mol. The molecule has 0 aliphatic carbocycles. The van der Waals surface area contributed by atoms with Gasteiger partial charge in [-0.3, -0.25) is 0 Å². The second kappa shape index (κ2) is 5.29. The average molecular weight is 279 g/mol. The first kappa shape index (κ1) is 14.0. The summed E-state index contributed by atoms with van der Waals surface area (Å²) in [7, 11) is -3.60. The zero-order chi connectivity index (χ0) is 14.0. The maximum absolute atomic E-state index is 12.6. The molecule has 1 N–H and O–H groups in total. The highest BCUT2D eigenvalue weighted by Crippen LogP contribution is 2.23. The van der Waals surface area contributed by atoms with E-state index in [9.17, 15) is 8.42 Å². The zero-order valence-electron chi connectivity index (χ0n) is 11.0. The molecule has 1 saturated heterocycles. The number of nitriles is 1. The summed E-state index contributed by atoms with van der Waals surface area (Å²) in [6.07, 6.45) is 0. The fourth-order valence-electron chi connectivity index (χ4n) is 2.30. The third kappa shape index (κ3) is 2.63. The van der Waals surface area contributed by atoms with Gasteiger partial charge < -0.3 is 5.32 Å². The Kier molecular flexibility index (Phi) is 3.90. The van der Waals surface area contributed by atoms with Gasteiger partial charge in [0.25, 0.3) is 0 Å². The number of nitrogens with zero attached hydrogens (tertiary/aromatic N) is 2. The highest BCUT2D eigenvalue weighted by atomic mass is 32.2. The van der Waals surface area contributed by atoms with Gasteiger partial charge in [-0.2, -0.15) is 9.57 Å². The lowest BCUT2D eigenvalue weighted by Gasteiger charge is -2.31. The molecule has 0 spiro atoms. The third-order valence-corrected chi connectivity index (χ3v) is 5.33. The maximum atomic E-state index is 12.6. The van der Waals surface area contributed by atoms with E-state index in [-0.39, 0.29) is 0 Å². The molecule has 1 fully saturated rings. The SMILES string of the molecule is Cc1ccc(S(=O)(=O)N2CCNCC2C#N)c(C)c1. The van der Waals surface area contributed by atoms with Crippen molar-refractivity contribution in [2.75, 3.05) is 19.6 Å². The van der Waals surface area contributed by atoms with Crippen molar-refractivity contribution in [2.45, 2.75) is 24.8 Å². The van der Waals surface area contributed by atoms with E-state index in [0.717, 1.165) is 11.1 Å². The zero-order valence-corrected chi connectivity index (χ0v) is 11.9. The van der Waals surface area contributed by atoms with E-state index in [1.165, 1.54) is 4.31 Å². The molecule has 1 aliphatic heterocycles. The summed E-state index contributed by atoms with van der Waals surface area (Å²) >= 11 is 0. The normalized spacial score (nSPS) is 21.0. The van der Waals surface area contributed by atoms with E-state index in [4.69, 9.17) is 5.26 Å². The lowest BCUT2D eigenvalue weighted by Crippen LogP contribution is -2.52. The summed E-state index contributed by atoms with van der Waals surface area (Å²) in [5.41, 5.74) is 1.74. The largest absolute Gasteiger partial charge is 0.313 e. The van der Waals surface area contributed by atoms with Gasteiger partial charge in [0.15, 0.2) is 0 Å². The summed E-state index contributed by atoms with van der Waals surface area (Å²) in [6, 6.07) is 6.65. The lowest BCUT2D eigenvalue weighted by molar-refractivity contribution is 0.311. The Hall–Kier alpha value is -1.42. The van der Waals surface area contributed by atoms with Crippen LogP contribution in [0.5, 0.6) is 0 Å². The molecule has 1 aromatic carbocycles. The minimum atomic E-state index is -3.60. The molecule has 1 aliphatic rings. The molecule has 0 amide bonds. The molecule has 1 heterocycles. The van der Waals surface area contributed by atoms with Gasteiger partial charge in [0, 0.05) is 19.6 Å². The van der Waals surface area contributed by atoms with Crippen LogP contribution in [0.15, 0.2) is 23.1 Å². The molecule has 0 saturated carbocycles. The molecule has 0 aromatic heterocycles. The number of benzene rings is 1. The van der Waals surface area contributed by atoms with E-state index < -0.39 is 16.1 Å². The van der Waals surface area contributed by atoms with Crippen LogP contribution in [0.25, 0.3) is 0 Å². The Labute approximate surface area is 113 Å². The summed E-state index contributed by atoms with van der Waals surface area (Å²) < 4.78 is 26.6. The van der Waals surface area contributed by atoms with Crippen LogP contribution in [0, 0.1) is 25.2 Å². The van der Waals surface area contributed by atoms with E-state index in [1.807, 2.05) is 19.1 Å². The Morgan fingerprint density at radius 1 is 1.42 bits per heavy atom. The van der Waals surface area contributed by atoms with Gasteiger partial charge >= 0.3 is 0 Å². The van der Waals surface area contributed by atoms with Gasteiger partial charge in [-0.1, -0.05) is 17.7 Å². The van der Waals surface area contributed by atoms with Gasteiger partial charge in [-0.15, -0.1) is 0 Å². The van der Waals surface area contributed by atoms with Crippen molar-refractivity contribution in [1.82, 2.24) is 9.62 Å². The van der Waals surface area contributed by atoms with Crippen molar-refractivity contribution in [1.29, 1.82) is 5.26 Å². The van der Waals surface area contributed by atoms with Gasteiger partial charge in [0.1, 0.15) is 6.04 Å². The van der Waals surface area contributed by atoms with Crippen molar-refractivity contribution in [2.24, 2.45) is 0 Å². The van der Waals surface area contributed by atoms with E-state index in [1.54, 1.807) is 19.1 Å². The molecule has 2 rings (SSSR count). The van der Waals surface area contributed by atoms with Gasteiger partial charge in [0.2, 0.25) is 10.0 Å². The standard InChI is InChI=1S/C13H17N3O2S/c1-10-3-4-13(11(2)7-10)19(17,18)16-6-5-15-9-12(16)8-14/h3-4,7,12,15H,5-6,9H2,1-2H3. The Balaban J connectivity index is 2.44. The van der Waals surface area contributed by atoms with Crippen LogP contribution in [0.3, 0.4) is 0 Å². The van der Waals surface area contributed by atoms with Crippen LogP contribution in [0.4, 0.5) is 0 Å². The molecular weight excluding hydrogens is 262 g/mol. The van der Waals surface area contributed by atoms with Crippen LogP contribution in [0.1, 0.15) is 11.1 Å². The average Bonchev–Trinajstić information content (AvgIpc) is 2.38. The summed E-state index contributed by atoms with van der Waals surface area (Å²) in [6.45, 7) is 4.98. The Morgan fingerprint density at radius 3 is 2.79 bits per heavy atom. The fourth-order valence-corrected chi connectivity index (χ4v) is 4.05. The minimum absolute atomic E-state index is 0.292. The summed E-state index contributed by atoms with van der Waals surface area (Å²) in [4.78, 5) is 0.292. The van der Waals surface area contributed by atoms with Crippen molar-refractivity contribution in [3.8, 4) is 6.07 Å². The molecule has 1 aromatic rings. The van der Waals surface area contributed by atoms with Crippen molar-refractivity contribution < 1.29 is 8.42 Å².